The van der Waals surface area contributed by atoms with Gasteiger partial charge in [-0.05, 0) is 15.9 Å². The standard InChI is InChI=1S/C7H7BrN4O/c1-11-5-6(12(2)7(11)13)10-4(8)3-9-5/h3H,1-2H3. The fourth-order valence-electron chi connectivity index (χ4n) is 1.22. The van der Waals surface area contributed by atoms with Gasteiger partial charge < -0.3 is 0 Å². The zero-order chi connectivity index (χ0) is 9.59. The van der Waals surface area contributed by atoms with E-state index in [0.717, 1.165) is 0 Å². The molecular formula is C7H7BrN4O. The van der Waals surface area contributed by atoms with E-state index in [1.165, 1.54) is 9.13 Å². The van der Waals surface area contributed by atoms with Crippen LogP contribution in [0.15, 0.2) is 15.6 Å². The number of hydrogen-bond donors (Lipinski definition) is 0. The third kappa shape index (κ3) is 1.09. The van der Waals surface area contributed by atoms with Crippen LogP contribution in [0.1, 0.15) is 0 Å². The predicted molar refractivity (Wildman–Crippen MR) is 51.5 cm³/mol. The molecule has 0 bridgehead atoms. The number of halogens is 1. The molecule has 0 aliphatic carbocycles. The maximum Gasteiger partial charge on any atom is 0.330 e. The van der Waals surface area contributed by atoms with Gasteiger partial charge in [0.25, 0.3) is 0 Å². The maximum absolute atomic E-state index is 11.4. The van der Waals surface area contributed by atoms with Crippen molar-refractivity contribution in [2.45, 2.75) is 0 Å². The Balaban J connectivity index is 3.04. The van der Waals surface area contributed by atoms with Crippen molar-refractivity contribution in [3.63, 3.8) is 0 Å². The van der Waals surface area contributed by atoms with Crippen LogP contribution in [0.5, 0.6) is 0 Å². The van der Waals surface area contributed by atoms with Gasteiger partial charge in [0.15, 0.2) is 11.3 Å². The normalized spacial score (nSPS) is 11.0. The molecule has 2 rings (SSSR count). The molecule has 6 heteroatoms. The van der Waals surface area contributed by atoms with Crippen LogP contribution in [0.25, 0.3) is 11.3 Å². The van der Waals surface area contributed by atoms with Gasteiger partial charge in [0.1, 0.15) is 4.60 Å². The minimum Gasteiger partial charge on any atom is -0.278 e. The van der Waals surface area contributed by atoms with E-state index in [1.807, 2.05) is 0 Å². The van der Waals surface area contributed by atoms with Crippen LogP contribution in [0, 0.1) is 0 Å². The first-order valence-electron chi connectivity index (χ1n) is 3.65. The second kappa shape index (κ2) is 2.66. The summed E-state index contributed by atoms with van der Waals surface area (Å²) in [7, 11) is 3.35. The molecule has 0 radical (unpaired) electrons. The Bertz CT molecular complexity index is 527. The molecule has 0 fully saturated rings. The molecule has 0 aliphatic heterocycles. The van der Waals surface area contributed by atoms with Crippen molar-refractivity contribution in [1.29, 1.82) is 0 Å². The second-order valence-corrected chi connectivity index (χ2v) is 3.55. The average Bonchev–Trinajstić information content (AvgIpc) is 2.32. The molecule has 0 spiro atoms. The predicted octanol–water partition coefficient (Wildman–Crippen LogP) is 0.429. The summed E-state index contributed by atoms with van der Waals surface area (Å²) in [5.41, 5.74) is 1.06. The molecule has 0 unspecified atom stereocenters. The van der Waals surface area contributed by atoms with Gasteiger partial charge in [-0.25, -0.2) is 14.8 Å². The smallest absolute Gasteiger partial charge is 0.278 e. The molecule has 0 amide bonds. The molecule has 2 heterocycles. The molecule has 2 aromatic heterocycles. The fourth-order valence-corrected chi connectivity index (χ4v) is 1.49. The summed E-state index contributed by atoms with van der Waals surface area (Å²) in [4.78, 5) is 19.7. The number of imidazole rings is 1. The van der Waals surface area contributed by atoms with Gasteiger partial charge in [-0.2, -0.15) is 0 Å². The van der Waals surface area contributed by atoms with Gasteiger partial charge in [-0.3, -0.25) is 9.13 Å². The molecule has 0 aliphatic rings. The zero-order valence-electron chi connectivity index (χ0n) is 7.15. The van der Waals surface area contributed by atoms with E-state index in [4.69, 9.17) is 0 Å². The molecule has 68 valence electrons. The van der Waals surface area contributed by atoms with Gasteiger partial charge in [0.2, 0.25) is 0 Å². The molecular weight excluding hydrogens is 236 g/mol. The molecule has 0 aromatic carbocycles. The lowest BCUT2D eigenvalue weighted by atomic mass is 10.6. The molecule has 2 aromatic rings. The van der Waals surface area contributed by atoms with E-state index in [1.54, 1.807) is 20.3 Å². The first-order chi connectivity index (χ1) is 6.11. The highest BCUT2D eigenvalue weighted by Crippen LogP contribution is 2.09. The number of aryl methyl sites for hydroxylation is 2. The summed E-state index contributed by atoms with van der Waals surface area (Å²) in [5.74, 6) is 0. The molecule has 0 saturated carbocycles. The third-order valence-corrected chi connectivity index (χ3v) is 2.30. The van der Waals surface area contributed by atoms with E-state index in [0.29, 0.717) is 15.9 Å². The van der Waals surface area contributed by atoms with Gasteiger partial charge in [0.05, 0.1) is 6.20 Å². The van der Waals surface area contributed by atoms with Gasteiger partial charge >= 0.3 is 5.69 Å². The topological polar surface area (TPSA) is 52.7 Å². The quantitative estimate of drug-likeness (QED) is 0.674. The van der Waals surface area contributed by atoms with E-state index in [2.05, 4.69) is 25.9 Å². The van der Waals surface area contributed by atoms with E-state index >= 15 is 0 Å². The van der Waals surface area contributed by atoms with Crippen LogP contribution in [0.4, 0.5) is 0 Å². The lowest BCUT2D eigenvalue weighted by Gasteiger charge is -1.92. The van der Waals surface area contributed by atoms with Crippen molar-refractivity contribution >= 4 is 27.2 Å². The number of hydrogen-bond acceptors (Lipinski definition) is 3. The van der Waals surface area contributed by atoms with Gasteiger partial charge in [0, 0.05) is 14.1 Å². The van der Waals surface area contributed by atoms with Crippen LogP contribution in [0.3, 0.4) is 0 Å². The molecule has 0 saturated heterocycles. The molecule has 5 nitrogen and oxygen atoms in total. The van der Waals surface area contributed by atoms with Gasteiger partial charge in [-0.1, -0.05) is 0 Å². The number of rotatable bonds is 0. The molecule has 0 atom stereocenters. The molecule has 0 N–H and O–H groups in total. The average molecular weight is 243 g/mol. The van der Waals surface area contributed by atoms with Crippen LogP contribution in [0.2, 0.25) is 0 Å². The first-order valence-corrected chi connectivity index (χ1v) is 4.44. The Morgan fingerprint density at radius 1 is 1.31 bits per heavy atom. The minimum absolute atomic E-state index is 0.117. The Morgan fingerprint density at radius 2 is 1.92 bits per heavy atom. The van der Waals surface area contributed by atoms with Crippen molar-refractivity contribution in [3.05, 3.63) is 21.3 Å². The maximum atomic E-state index is 11.4. The summed E-state index contributed by atoms with van der Waals surface area (Å²) in [6.45, 7) is 0. The van der Waals surface area contributed by atoms with Crippen LogP contribution in [-0.2, 0) is 14.1 Å². The van der Waals surface area contributed by atoms with Crippen molar-refractivity contribution in [3.8, 4) is 0 Å². The lowest BCUT2D eigenvalue weighted by Crippen LogP contribution is -2.19. The summed E-state index contributed by atoms with van der Waals surface area (Å²) in [6.07, 6.45) is 1.57. The second-order valence-electron chi connectivity index (χ2n) is 2.74. The largest absolute Gasteiger partial charge is 0.330 e. The fraction of sp³-hybridized carbons (Fsp3) is 0.286. The van der Waals surface area contributed by atoms with E-state index in [-0.39, 0.29) is 5.69 Å². The third-order valence-electron chi connectivity index (χ3n) is 1.92. The summed E-state index contributed by atoms with van der Waals surface area (Å²) < 4.78 is 3.56. The van der Waals surface area contributed by atoms with Crippen molar-refractivity contribution < 1.29 is 0 Å². The Hall–Kier alpha value is -1.17. The van der Waals surface area contributed by atoms with Crippen LogP contribution < -0.4 is 5.69 Å². The monoisotopic (exact) mass is 242 g/mol. The van der Waals surface area contributed by atoms with Crippen LogP contribution in [-0.4, -0.2) is 19.1 Å². The van der Waals surface area contributed by atoms with Crippen LogP contribution >= 0.6 is 15.9 Å². The highest BCUT2D eigenvalue weighted by molar-refractivity contribution is 9.10. The number of nitrogens with zero attached hydrogens (tertiary/aromatic N) is 4. The summed E-state index contributed by atoms with van der Waals surface area (Å²) >= 11 is 3.20. The lowest BCUT2D eigenvalue weighted by molar-refractivity contribution is 0.788. The van der Waals surface area contributed by atoms with E-state index < -0.39 is 0 Å². The number of aromatic nitrogens is 4. The Labute approximate surface area is 82.2 Å². The number of fused-ring (bicyclic) bond motifs is 1. The summed E-state index contributed by atoms with van der Waals surface area (Å²) in [6, 6.07) is 0. The zero-order valence-corrected chi connectivity index (χ0v) is 8.74. The first kappa shape index (κ1) is 8.43. The van der Waals surface area contributed by atoms with Crippen molar-refractivity contribution in [2.75, 3.05) is 0 Å². The summed E-state index contributed by atoms with van der Waals surface area (Å²) in [5, 5.41) is 0. The van der Waals surface area contributed by atoms with Crippen molar-refractivity contribution in [1.82, 2.24) is 19.1 Å². The van der Waals surface area contributed by atoms with Gasteiger partial charge in [-0.15, -0.1) is 0 Å². The highest BCUT2D eigenvalue weighted by Gasteiger charge is 2.09. The SMILES string of the molecule is Cn1c(=O)n(C)c2nc(Br)cnc21. The molecule has 13 heavy (non-hydrogen) atoms. The Morgan fingerprint density at radius 3 is 2.62 bits per heavy atom. The van der Waals surface area contributed by atoms with E-state index in [9.17, 15) is 4.79 Å². The Kier molecular flexibility index (Phi) is 1.73. The van der Waals surface area contributed by atoms with Crippen molar-refractivity contribution in [2.24, 2.45) is 14.1 Å². The highest BCUT2D eigenvalue weighted by atomic mass is 79.9. The minimum atomic E-state index is -0.117.